The monoisotopic (exact) mass is 107 g/mol. The quantitative estimate of drug-likeness (QED) is 0.307. The predicted octanol–water partition coefficient (Wildman–Crippen LogP) is 2.03. The van der Waals surface area contributed by atoms with Gasteiger partial charge in [0.25, 0.3) is 0 Å². The molecular weight excluding hydrogens is 98.1 g/mol. The van der Waals surface area contributed by atoms with Gasteiger partial charge in [-0.05, 0) is 12.8 Å². The van der Waals surface area contributed by atoms with Crippen molar-refractivity contribution >= 4 is 0 Å². The Morgan fingerprint density at radius 3 is 2.75 bits per heavy atom. The molecule has 0 amide bonds. The molecule has 0 aliphatic rings. The summed E-state index contributed by atoms with van der Waals surface area (Å²) in [6, 6.07) is 1.91. The van der Waals surface area contributed by atoms with Crippen LogP contribution in [0.3, 0.4) is 0 Å². The van der Waals surface area contributed by atoms with Crippen LogP contribution in [0.25, 0.3) is 0 Å². The van der Waals surface area contributed by atoms with Gasteiger partial charge in [-0.3, -0.25) is 0 Å². The minimum atomic E-state index is 0.928. The summed E-state index contributed by atoms with van der Waals surface area (Å²) in [5.41, 5.74) is 0. The van der Waals surface area contributed by atoms with E-state index in [-0.39, 0.29) is 0 Å². The average molecular weight is 107 g/mol. The van der Waals surface area contributed by atoms with Gasteiger partial charge in [-0.2, -0.15) is 5.26 Å². The standard InChI is InChI=1S/C7H9N/c1-2-3-4-5-6-7-8/h2,5-6H,1,3-4H2. The fourth-order valence-corrected chi connectivity index (χ4v) is 0.350. The Balaban J connectivity index is 3.06. The van der Waals surface area contributed by atoms with Crippen LogP contribution in [0.1, 0.15) is 12.8 Å². The number of allylic oxidation sites excluding steroid dienone is 3. The number of rotatable bonds is 3. The second-order valence-electron chi connectivity index (χ2n) is 1.40. The Kier molecular flexibility index (Phi) is 5.20. The van der Waals surface area contributed by atoms with Crippen molar-refractivity contribution in [2.75, 3.05) is 0 Å². The summed E-state index contributed by atoms with van der Waals surface area (Å²) in [6.45, 7) is 3.54. The lowest BCUT2D eigenvalue weighted by atomic mass is 10.3. The highest BCUT2D eigenvalue weighted by Crippen LogP contribution is 1.88. The van der Waals surface area contributed by atoms with Gasteiger partial charge in [-0.25, -0.2) is 0 Å². The van der Waals surface area contributed by atoms with Crippen LogP contribution in [0.5, 0.6) is 0 Å². The molecule has 42 valence electrons. The average Bonchev–Trinajstić information content (AvgIpc) is 1.81. The van der Waals surface area contributed by atoms with Crippen LogP contribution in [0.15, 0.2) is 24.8 Å². The van der Waals surface area contributed by atoms with E-state index >= 15 is 0 Å². The first-order valence-electron chi connectivity index (χ1n) is 2.57. The summed E-state index contributed by atoms with van der Waals surface area (Å²) in [6.07, 6.45) is 7.04. The van der Waals surface area contributed by atoms with Crippen LogP contribution < -0.4 is 0 Å². The van der Waals surface area contributed by atoms with Crippen molar-refractivity contribution in [3.63, 3.8) is 0 Å². The lowest BCUT2D eigenvalue weighted by Crippen LogP contribution is -1.59. The van der Waals surface area contributed by atoms with E-state index in [2.05, 4.69) is 6.58 Å². The topological polar surface area (TPSA) is 23.8 Å². The molecule has 0 aromatic carbocycles. The Bertz CT molecular complexity index is 117. The van der Waals surface area contributed by atoms with Gasteiger partial charge >= 0.3 is 0 Å². The smallest absolute Gasteiger partial charge is 0.0908 e. The molecule has 0 N–H and O–H groups in total. The molecular formula is C7H9N. The van der Waals surface area contributed by atoms with E-state index in [1.54, 1.807) is 0 Å². The zero-order valence-electron chi connectivity index (χ0n) is 4.80. The largest absolute Gasteiger partial charge is 0.193 e. The molecule has 0 saturated heterocycles. The maximum atomic E-state index is 8.00. The third-order valence-electron chi connectivity index (χ3n) is 0.730. The van der Waals surface area contributed by atoms with Crippen LogP contribution in [-0.2, 0) is 0 Å². The molecule has 0 aliphatic heterocycles. The van der Waals surface area contributed by atoms with Crippen molar-refractivity contribution in [2.24, 2.45) is 0 Å². The van der Waals surface area contributed by atoms with Crippen molar-refractivity contribution in [3.05, 3.63) is 24.8 Å². The number of nitriles is 1. The van der Waals surface area contributed by atoms with E-state index in [0.29, 0.717) is 0 Å². The first-order valence-corrected chi connectivity index (χ1v) is 2.57. The van der Waals surface area contributed by atoms with Gasteiger partial charge in [-0.1, -0.05) is 12.2 Å². The van der Waals surface area contributed by atoms with Gasteiger partial charge in [0, 0.05) is 6.08 Å². The molecule has 8 heavy (non-hydrogen) atoms. The third kappa shape index (κ3) is 4.97. The number of nitrogens with zero attached hydrogens (tertiary/aromatic N) is 1. The zero-order chi connectivity index (χ0) is 6.24. The molecule has 0 aromatic heterocycles. The lowest BCUT2D eigenvalue weighted by molar-refractivity contribution is 1.06. The van der Waals surface area contributed by atoms with E-state index in [1.165, 1.54) is 6.08 Å². The van der Waals surface area contributed by atoms with Gasteiger partial charge in [0.1, 0.15) is 0 Å². The molecule has 1 heteroatoms. The maximum absolute atomic E-state index is 8.00. The second kappa shape index (κ2) is 5.97. The van der Waals surface area contributed by atoms with E-state index in [4.69, 9.17) is 5.26 Å². The summed E-state index contributed by atoms with van der Waals surface area (Å²) in [5.74, 6) is 0. The highest BCUT2D eigenvalue weighted by Gasteiger charge is 1.70. The first-order chi connectivity index (χ1) is 3.91. The Morgan fingerprint density at radius 2 is 2.25 bits per heavy atom. The van der Waals surface area contributed by atoms with Crippen LogP contribution >= 0.6 is 0 Å². The van der Waals surface area contributed by atoms with Crippen molar-refractivity contribution in [3.8, 4) is 6.07 Å². The normalized spacial score (nSPS) is 8.88. The molecule has 1 nitrogen and oxygen atoms in total. The SMILES string of the molecule is C=CCCC=CC#N. The molecule has 0 rings (SSSR count). The minimum Gasteiger partial charge on any atom is -0.193 e. The number of hydrogen-bond donors (Lipinski definition) is 0. The van der Waals surface area contributed by atoms with E-state index in [0.717, 1.165) is 12.8 Å². The summed E-state index contributed by atoms with van der Waals surface area (Å²) < 4.78 is 0. The van der Waals surface area contributed by atoms with Crippen LogP contribution in [-0.4, -0.2) is 0 Å². The molecule has 0 radical (unpaired) electrons. The Labute approximate surface area is 49.9 Å². The number of unbranched alkanes of at least 4 members (excludes halogenated alkanes) is 1. The highest BCUT2D eigenvalue weighted by atomic mass is 14.2. The van der Waals surface area contributed by atoms with Crippen molar-refractivity contribution in [1.29, 1.82) is 5.26 Å². The number of hydrogen-bond acceptors (Lipinski definition) is 1. The minimum absolute atomic E-state index is 0.928. The van der Waals surface area contributed by atoms with Crippen molar-refractivity contribution in [2.45, 2.75) is 12.8 Å². The van der Waals surface area contributed by atoms with Gasteiger partial charge < -0.3 is 0 Å². The van der Waals surface area contributed by atoms with Crippen molar-refractivity contribution in [1.82, 2.24) is 0 Å². The van der Waals surface area contributed by atoms with Gasteiger partial charge in [0.2, 0.25) is 0 Å². The van der Waals surface area contributed by atoms with Crippen LogP contribution in [0.2, 0.25) is 0 Å². The highest BCUT2D eigenvalue weighted by molar-refractivity contribution is 5.01. The summed E-state index contributed by atoms with van der Waals surface area (Å²) in [7, 11) is 0. The molecule has 0 spiro atoms. The molecule has 0 aliphatic carbocycles. The van der Waals surface area contributed by atoms with Gasteiger partial charge in [0.05, 0.1) is 6.07 Å². The van der Waals surface area contributed by atoms with Gasteiger partial charge in [0.15, 0.2) is 0 Å². The van der Waals surface area contributed by atoms with Gasteiger partial charge in [-0.15, -0.1) is 6.58 Å². The van der Waals surface area contributed by atoms with Crippen molar-refractivity contribution < 1.29 is 0 Å². The van der Waals surface area contributed by atoms with Crippen LogP contribution in [0, 0.1) is 11.3 Å². The predicted molar refractivity (Wildman–Crippen MR) is 34.2 cm³/mol. The summed E-state index contributed by atoms with van der Waals surface area (Å²) in [4.78, 5) is 0. The first kappa shape index (κ1) is 6.97. The lowest BCUT2D eigenvalue weighted by Gasteiger charge is -1.78. The molecule has 0 heterocycles. The summed E-state index contributed by atoms with van der Waals surface area (Å²) >= 11 is 0. The zero-order valence-corrected chi connectivity index (χ0v) is 4.80. The molecule has 0 bridgehead atoms. The molecule has 0 aromatic rings. The summed E-state index contributed by atoms with van der Waals surface area (Å²) in [5, 5.41) is 8.00. The molecule has 0 atom stereocenters. The van der Waals surface area contributed by atoms with E-state index in [9.17, 15) is 0 Å². The third-order valence-corrected chi connectivity index (χ3v) is 0.730. The Hall–Kier alpha value is -1.03. The fourth-order valence-electron chi connectivity index (χ4n) is 0.350. The molecule has 0 fully saturated rings. The van der Waals surface area contributed by atoms with E-state index < -0.39 is 0 Å². The fraction of sp³-hybridized carbons (Fsp3) is 0.286. The van der Waals surface area contributed by atoms with Crippen LogP contribution in [0.4, 0.5) is 0 Å². The maximum Gasteiger partial charge on any atom is 0.0908 e. The molecule has 0 saturated carbocycles. The van der Waals surface area contributed by atoms with E-state index in [1.807, 2.05) is 18.2 Å². The Morgan fingerprint density at radius 1 is 1.50 bits per heavy atom. The second-order valence-corrected chi connectivity index (χ2v) is 1.40. The molecule has 0 unspecified atom stereocenters.